The molecule has 0 aromatic heterocycles. The first-order valence-electron chi connectivity index (χ1n) is 11.2. The largest absolute Gasteiger partial charge is 0.417 e. The van der Waals surface area contributed by atoms with E-state index in [9.17, 15) is 26.4 Å². The molecule has 10 heteroatoms. The highest BCUT2D eigenvalue weighted by atomic mass is 32.2. The lowest BCUT2D eigenvalue weighted by Gasteiger charge is -2.30. The van der Waals surface area contributed by atoms with E-state index in [0.717, 1.165) is 43.2 Å². The number of carbonyl (C=O) groups excluding carboxylic acids is 1. The van der Waals surface area contributed by atoms with Crippen molar-refractivity contribution in [3.8, 4) is 0 Å². The summed E-state index contributed by atoms with van der Waals surface area (Å²) in [6.07, 6.45) is -2.43. The smallest absolute Gasteiger partial charge is 0.351 e. The van der Waals surface area contributed by atoms with E-state index in [0.29, 0.717) is 6.07 Å². The molecular formula is C24H30F3N3O3S. The number of carbonyl (C=O) groups is 1. The van der Waals surface area contributed by atoms with Gasteiger partial charge >= 0.3 is 6.18 Å². The van der Waals surface area contributed by atoms with Crippen LogP contribution in [-0.4, -0.2) is 38.4 Å². The molecule has 0 unspecified atom stereocenters. The number of amides is 1. The van der Waals surface area contributed by atoms with Gasteiger partial charge < -0.3 is 5.32 Å². The zero-order chi connectivity index (χ0) is 24.9. The van der Waals surface area contributed by atoms with Crippen molar-refractivity contribution in [3.05, 3.63) is 65.2 Å². The van der Waals surface area contributed by atoms with Crippen LogP contribution >= 0.6 is 0 Å². The van der Waals surface area contributed by atoms with Gasteiger partial charge in [0.15, 0.2) is 0 Å². The lowest BCUT2D eigenvalue weighted by molar-refractivity contribution is -0.139. The number of hydrogen-bond acceptors (Lipinski definition) is 4. The summed E-state index contributed by atoms with van der Waals surface area (Å²) >= 11 is 0. The van der Waals surface area contributed by atoms with Gasteiger partial charge in [-0.25, -0.2) is 8.42 Å². The summed E-state index contributed by atoms with van der Waals surface area (Å²) in [7, 11) is -4.56. The van der Waals surface area contributed by atoms with Crippen LogP contribution in [0.4, 0.5) is 13.2 Å². The number of likely N-dealkylation sites (tertiary alicyclic amines) is 1. The Balaban J connectivity index is 1.54. The van der Waals surface area contributed by atoms with E-state index < -0.39 is 38.6 Å². The van der Waals surface area contributed by atoms with Crippen LogP contribution in [-0.2, 0) is 34.1 Å². The maximum Gasteiger partial charge on any atom is 0.417 e. The predicted octanol–water partition coefficient (Wildman–Crippen LogP) is 3.92. The van der Waals surface area contributed by atoms with E-state index in [1.165, 1.54) is 31.4 Å². The molecule has 34 heavy (non-hydrogen) atoms. The zero-order valence-corrected chi connectivity index (χ0v) is 20.0. The average molecular weight is 498 g/mol. The molecule has 1 amide bonds. The van der Waals surface area contributed by atoms with Gasteiger partial charge in [-0.2, -0.15) is 17.9 Å². The molecule has 6 nitrogen and oxygen atoms in total. The maximum atomic E-state index is 13.2. The fourth-order valence-electron chi connectivity index (χ4n) is 3.87. The third kappa shape index (κ3) is 7.04. The molecule has 0 radical (unpaired) electrons. The quantitative estimate of drug-likeness (QED) is 0.580. The lowest BCUT2D eigenvalue weighted by atomic mass is 9.99. The van der Waals surface area contributed by atoms with Crippen molar-refractivity contribution in [2.24, 2.45) is 5.92 Å². The van der Waals surface area contributed by atoms with Crippen LogP contribution < -0.4 is 10.0 Å². The zero-order valence-electron chi connectivity index (χ0n) is 19.2. The van der Waals surface area contributed by atoms with E-state index in [2.05, 4.69) is 17.1 Å². The lowest BCUT2D eigenvalue weighted by Crippen LogP contribution is -2.44. The Labute approximate surface area is 198 Å². The molecule has 1 aliphatic rings. The summed E-state index contributed by atoms with van der Waals surface area (Å²) in [5, 5.41) is 2.62. The minimum Gasteiger partial charge on any atom is -0.351 e. The van der Waals surface area contributed by atoms with Gasteiger partial charge in [0.2, 0.25) is 15.9 Å². The van der Waals surface area contributed by atoms with Gasteiger partial charge in [-0.05, 0) is 62.0 Å². The minimum atomic E-state index is -4.84. The molecule has 1 aliphatic heterocycles. The molecule has 1 saturated heterocycles. The summed E-state index contributed by atoms with van der Waals surface area (Å²) in [6, 6.07) is 10.4. The molecule has 2 aromatic carbocycles. The van der Waals surface area contributed by atoms with Crippen LogP contribution in [0.25, 0.3) is 0 Å². The Hall–Kier alpha value is -2.43. The first-order valence-corrected chi connectivity index (χ1v) is 12.7. The second-order valence-electron chi connectivity index (χ2n) is 8.83. The summed E-state index contributed by atoms with van der Waals surface area (Å²) in [5.74, 6) is 0.132. The summed E-state index contributed by atoms with van der Waals surface area (Å²) in [5.41, 5.74) is 0.727. The SMILES string of the molecule is CC1CCN(Cc2ccc(CNC(=O)[C@H](C)NS(=O)(=O)c3ccccc3C(F)(F)F)cc2)CC1. The van der Waals surface area contributed by atoms with Crippen LogP contribution in [0, 0.1) is 5.92 Å². The normalized spacial score (nSPS) is 16.9. The number of hydrogen-bond donors (Lipinski definition) is 2. The highest BCUT2D eigenvalue weighted by Gasteiger charge is 2.37. The first-order chi connectivity index (χ1) is 16.0. The molecular weight excluding hydrogens is 467 g/mol. The highest BCUT2D eigenvalue weighted by molar-refractivity contribution is 7.89. The number of rotatable bonds is 8. The van der Waals surface area contributed by atoms with Crippen molar-refractivity contribution in [2.45, 2.75) is 56.9 Å². The second kappa shape index (κ2) is 10.9. The van der Waals surface area contributed by atoms with Crippen LogP contribution in [0.3, 0.4) is 0 Å². The Kier molecular flexibility index (Phi) is 8.38. The number of nitrogens with one attached hydrogen (secondary N) is 2. The average Bonchev–Trinajstić information content (AvgIpc) is 2.79. The van der Waals surface area contributed by atoms with E-state index in [1.54, 1.807) is 0 Å². The van der Waals surface area contributed by atoms with Crippen molar-refractivity contribution >= 4 is 15.9 Å². The fourth-order valence-corrected chi connectivity index (χ4v) is 5.30. The molecule has 0 saturated carbocycles. The summed E-state index contributed by atoms with van der Waals surface area (Å²) in [4.78, 5) is 13.9. The molecule has 186 valence electrons. The van der Waals surface area contributed by atoms with Crippen LogP contribution in [0.2, 0.25) is 0 Å². The number of halogens is 3. The Bertz CT molecular complexity index is 1080. The van der Waals surface area contributed by atoms with Crippen LogP contribution in [0.15, 0.2) is 53.4 Å². The highest BCUT2D eigenvalue weighted by Crippen LogP contribution is 2.33. The van der Waals surface area contributed by atoms with Crippen molar-refractivity contribution in [2.75, 3.05) is 13.1 Å². The van der Waals surface area contributed by atoms with E-state index in [1.807, 2.05) is 29.0 Å². The number of piperidine rings is 1. The van der Waals surface area contributed by atoms with Crippen molar-refractivity contribution in [3.63, 3.8) is 0 Å². The van der Waals surface area contributed by atoms with Crippen molar-refractivity contribution in [1.29, 1.82) is 0 Å². The molecule has 1 fully saturated rings. The number of sulfonamides is 1. The topological polar surface area (TPSA) is 78.5 Å². The second-order valence-corrected chi connectivity index (χ2v) is 10.5. The third-order valence-corrected chi connectivity index (χ3v) is 7.58. The number of nitrogens with zero attached hydrogens (tertiary/aromatic N) is 1. The molecule has 1 heterocycles. The number of alkyl halides is 3. The summed E-state index contributed by atoms with van der Waals surface area (Å²) < 4.78 is 66.6. The van der Waals surface area contributed by atoms with E-state index >= 15 is 0 Å². The molecule has 2 N–H and O–H groups in total. The van der Waals surface area contributed by atoms with Gasteiger partial charge in [0.1, 0.15) is 0 Å². The minimum absolute atomic E-state index is 0.172. The standard InChI is InChI=1S/C24H30F3N3O3S/c1-17-11-13-30(14-12-17)16-20-9-7-19(8-10-20)15-28-23(31)18(2)29-34(32,33)22-6-4-3-5-21(22)24(25,26)27/h3-10,17-18,29H,11-16H2,1-2H3,(H,28,31)/t18-/m0/s1. The monoisotopic (exact) mass is 497 g/mol. The van der Waals surface area contributed by atoms with Crippen LogP contribution in [0.1, 0.15) is 43.4 Å². The van der Waals surface area contributed by atoms with E-state index in [-0.39, 0.29) is 6.54 Å². The fraction of sp³-hybridized carbons (Fsp3) is 0.458. The molecule has 0 spiro atoms. The predicted molar refractivity (Wildman–Crippen MR) is 123 cm³/mol. The van der Waals surface area contributed by atoms with Gasteiger partial charge in [0.05, 0.1) is 16.5 Å². The summed E-state index contributed by atoms with van der Waals surface area (Å²) in [6.45, 7) is 6.77. The Morgan fingerprint density at radius 3 is 2.26 bits per heavy atom. The van der Waals surface area contributed by atoms with E-state index in [4.69, 9.17) is 0 Å². The Morgan fingerprint density at radius 2 is 1.65 bits per heavy atom. The molecule has 0 bridgehead atoms. The molecule has 3 rings (SSSR count). The van der Waals surface area contributed by atoms with Gasteiger partial charge in [-0.15, -0.1) is 0 Å². The molecule has 1 atom stereocenters. The van der Waals surface area contributed by atoms with Crippen LogP contribution in [0.5, 0.6) is 0 Å². The van der Waals surface area contributed by atoms with Crippen molar-refractivity contribution in [1.82, 2.24) is 14.9 Å². The number of benzene rings is 2. The van der Waals surface area contributed by atoms with Gasteiger partial charge in [0, 0.05) is 13.1 Å². The molecule has 0 aliphatic carbocycles. The van der Waals surface area contributed by atoms with Gasteiger partial charge in [-0.1, -0.05) is 43.3 Å². The van der Waals surface area contributed by atoms with Gasteiger partial charge in [0.25, 0.3) is 0 Å². The van der Waals surface area contributed by atoms with Crippen molar-refractivity contribution < 1.29 is 26.4 Å². The third-order valence-electron chi connectivity index (χ3n) is 5.98. The maximum absolute atomic E-state index is 13.2. The first kappa shape index (κ1) is 26.2. The Morgan fingerprint density at radius 1 is 1.06 bits per heavy atom. The van der Waals surface area contributed by atoms with Gasteiger partial charge in [-0.3, -0.25) is 9.69 Å². The molecule has 2 aromatic rings.